The second-order valence-corrected chi connectivity index (χ2v) is 7.70. The molecule has 0 radical (unpaired) electrons. The largest absolute Gasteiger partial charge is 0.435 e. The van der Waals surface area contributed by atoms with Crippen LogP contribution in [0.15, 0.2) is 24.3 Å². The van der Waals surface area contributed by atoms with E-state index < -0.39 is 27.1 Å². The summed E-state index contributed by atoms with van der Waals surface area (Å²) in [5.41, 5.74) is 0.318. The van der Waals surface area contributed by atoms with E-state index >= 15 is 0 Å². The lowest BCUT2D eigenvalue weighted by molar-refractivity contribution is -0.119. The van der Waals surface area contributed by atoms with Crippen LogP contribution < -0.4 is 15.4 Å². The van der Waals surface area contributed by atoms with Crippen LogP contribution in [-0.2, 0) is 14.6 Å². The number of benzene rings is 1. The van der Waals surface area contributed by atoms with Crippen molar-refractivity contribution in [3.63, 3.8) is 0 Å². The molecule has 0 atom stereocenters. The maximum Gasteiger partial charge on any atom is 0.387 e. The second kappa shape index (κ2) is 6.79. The Hall–Kier alpha value is -1.74. The van der Waals surface area contributed by atoms with E-state index in [1.807, 2.05) is 0 Å². The Morgan fingerprint density at radius 3 is 2.30 bits per heavy atom. The molecule has 23 heavy (non-hydrogen) atoms. The lowest BCUT2D eigenvalue weighted by Crippen LogP contribution is -2.55. The predicted molar refractivity (Wildman–Crippen MR) is 81.4 cm³/mol. The molecule has 1 aromatic carbocycles. The molecule has 0 saturated carbocycles. The van der Waals surface area contributed by atoms with Crippen LogP contribution in [0.25, 0.3) is 0 Å². The molecule has 0 bridgehead atoms. The van der Waals surface area contributed by atoms with Crippen LogP contribution in [0.5, 0.6) is 5.75 Å². The Morgan fingerprint density at radius 1 is 1.26 bits per heavy atom. The Kier molecular flexibility index (Phi) is 5.20. The van der Waals surface area contributed by atoms with Crippen molar-refractivity contribution in [1.29, 1.82) is 0 Å². The van der Waals surface area contributed by atoms with Crippen molar-refractivity contribution in [3.05, 3.63) is 24.3 Å². The van der Waals surface area contributed by atoms with Gasteiger partial charge in [-0.3, -0.25) is 4.79 Å². The Balaban J connectivity index is 2.16. The number of hydrogen-bond donors (Lipinski definition) is 2. The monoisotopic (exact) mass is 348 g/mol. The average molecular weight is 348 g/mol. The Bertz CT molecular complexity index is 656. The van der Waals surface area contributed by atoms with Crippen LogP contribution in [0, 0.1) is 0 Å². The van der Waals surface area contributed by atoms with Crippen molar-refractivity contribution in [2.75, 3.05) is 24.7 Å². The number of rotatable bonds is 5. The number of carbonyl (C=O) groups excluding carboxylic acids is 1. The van der Waals surface area contributed by atoms with E-state index in [-0.39, 0.29) is 18.6 Å². The highest BCUT2D eigenvalue weighted by molar-refractivity contribution is 7.92. The highest BCUT2D eigenvalue weighted by Gasteiger charge is 2.48. The van der Waals surface area contributed by atoms with Gasteiger partial charge in [0, 0.05) is 11.9 Å². The first-order valence-electron chi connectivity index (χ1n) is 7.01. The van der Waals surface area contributed by atoms with Crippen molar-refractivity contribution >= 4 is 21.4 Å². The third-order valence-corrected chi connectivity index (χ3v) is 5.89. The number of ether oxygens (including phenoxy) is 1. The fourth-order valence-electron chi connectivity index (χ4n) is 2.56. The van der Waals surface area contributed by atoms with Gasteiger partial charge in [0.1, 0.15) is 5.75 Å². The van der Waals surface area contributed by atoms with Crippen LogP contribution in [0.4, 0.5) is 14.5 Å². The molecule has 0 aliphatic carbocycles. The summed E-state index contributed by atoms with van der Waals surface area (Å²) in [4.78, 5) is 12.5. The summed E-state index contributed by atoms with van der Waals surface area (Å²) >= 11 is 0. The number of amides is 1. The van der Waals surface area contributed by atoms with Crippen LogP contribution in [0.3, 0.4) is 0 Å². The highest BCUT2D eigenvalue weighted by Crippen LogP contribution is 2.29. The Labute approximate surface area is 133 Å². The summed E-state index contributed by atoms with van der Waals surface area (Å²) in [7, 11) is -3.61. The number of hydrogen-bond acceptors (Lipinski definition) is 5. The molecule has 128 valence electrons. The first kappa shape index (κ1) is 17.6. The maximum atomic E-state index is 12.5. The zero-order chi connectivity index (χ0) is 17.1. The minimum absolute atomic E-state index is 0.0438. The molecule has 0 unspecified atom stereocenters. The van der Waals surface area contributed by atoms with Crippen LogP contribution in [-0.4, -0.2) is 45.0 Å². The minimum atomic E-state index is -3.61. The predicted octanol–water partition coefficient (Wildman–Crippen LogP) is 1.39. The molecule has 1 saturated heterocycles. The molecule has 2 rings (SSSR count). The van der Waals surface area contributed by atoms with Crippen LogP contribution in [0.1, 0.15) is 12.8 Å². The quantitative estimate of drug-likeness (QED) is 0.840. The molecule has 1 aromatic rings. The zero-order valence-electron chi connectivity index (χ0n) is 12.5. The van der Waals surface area contributed by atoms with E-state index in [1.54, 1.807) is 0 Å². The van der Waals surface area contributed by atoms with Gasteiger partial charge in [0.05, 0.1) is 0 Å². The average Bonchev–Trinajstić information content (AvgIpc) is 2.48. The smallest absolute Gasteiger partial charge is 0.387 e. The second-order valence-electron chi connectivity index (χ2n) is 5.37. The summed E-state index contributed by atoms with van der Waals surface area (Å²) in [6.07, 6.45) is 1.42. The van der Waals surface area contributed by atoms with Gasteiger partial charge < -0.3 is 15.4 Å². The summed E-state index contributed by atoms with van der Waals surface area (Å²) in [6, 6.07) is 5.31. The van der Waals surface area contributed by atoms with Gasteiger partial charge in [-0.15, -0.1) is 0 Å². The molecule has 1 heterocycles. The molecule has 1 amide bonds. The highest BCUT2D eigenvalue weighted by atomic mass is 32.2. The SMILES string of the molecule is CS(=O)(=O)C1(C(=O)Nc2ccc(OC(F)F)cc2)CCNCC1. The van der Waals surface area contributed by atoms with E-state index in [0.717, 1.165) is 6.26 Å². The number of sulfone groups is 1. The third-order valence-electron chi connectivity index (χ3n) is 3.87. The Morgan fingerprint density at radius 2 is 1.83 bits per heavy atom. The normalized spacial score (nSPS) is 17.7. The van der Waals surface area contributed by atoms with E-state index in [4.69, 9.17) is 0 Å². The van der Waals surface area contributed by atoms with Gasteiger partial charge >= 0.3 is 6.61 Å². The van der Waals surface area contributed by atoms with Crippen molar-refractivity contribution in [1.82, 2.24) is 5.32 Å². The van der Waals surface area contributed by atoms with E-state index in [0.29, 0.717) is 18.8 Å². The van der Waals surface area contributed by atoms with Gasteiger partial charge in [-0.25, -0.2) is 8.42 Å². The first-order chi connectivity index (χ1) is 10.7. The molecule has 0 spiro atoms. The van der Waals surface area contributed by atoms with Gasteiger partial charge in [-0.2, -0.15) is 8.78 Å². The molecule has 1 aliphatic rings. The first-order valence-corrected chi connectivity index (χ1v) is 8.90. The van der Waals surface area contributed by atoms with Crippen molar-refractivity contribution in [3.8, 4) is 5.75 Å². The van der Waals surface area contributed by atoms with Gasteiger partial charge in [-0.05, 0) is 50.2 Å². The molecular weight excluding hydrogens is 330 g/mol. The lowest BCUT2D eigenvalue weighted by atomic mass is 9.95. The molecule has 0 aromatic heterocycles. The van der Waals surface area contributed by atoms with Gasteiger partial charge in [0.2, 0.25) is 5.91 Å². The standard InChI is InChI=1S/C14H18F2N2O4S/c1-23(20,21)14(6-8-17-9-7-14)12(19)18-10-2-4-11(5-3-10)22-13(15)16/h2-5,13,17H,6-9H2,1H3,(H,18,19). The summed E-state index contributed by atoms with van der Waals surface area (Å²) in [5.74, 6) is -0.651. The molecule has 2 N–H and O–H groups in total. The van der Waals surface area contributed by atoms with E-state index in [1.165, 1.54) is 24.3 Å². The number of anilines is 1. The van der Waals surface area contributed by atoms with Crippen molar-refractivity contribution in [2.45, 2.75) is 24.2 Å². The van der Waals surface area contributed by atoms with Crippen molar-refractivity contribution < 1.29 is 26.7 Å². The topological polar surface area (TPSA) is 84.5 Å². The maximum absolute atomic E-state index is 12.5. The fourth-order valence-corrected chi connectivity index (χ4v) is 3.90. The lowest BCUT2D eigenvalue weighted by Gasteiger charge is -2.34. The number of alkyl halides is 2. The number of halogens is 2. The van der Waals surface area contributed by atoms with Gasteiger partial charge in [-0.1, -0.05) is 0 Å². The summed E-state index contributed by atoms with van der Waals surface area (Å²) < 4.78 is 51.2. The number of nitrogens with one attached hydrogen (secondary N) is 2. The van der Waals surface area contributed by atoms with Gasteiger partial charge in [0.15, 0.2) is 14.6 Å². The van der Waals surface area contributed by atoms with Crippen LogP contribution in [0.2, 0.25) is 0 Å². The number of piperidine rings is 1. The third kappa shape index (κ3) is 3.97. The zero-order valence-corrected chi connectivity index (χ0v) is 13.3. The van der Waals surface area contributed by atoms with Crippen molar-refractivity contribution in [2.24, 2.45) is 0 Å². The molecule has 1 fully saturated rings. The molecule has 6 nitrogen and oxygen atoms in total. The fraction of sp³-hybridized carbons (Fsp3) is 0.500. The van der Waals surface area contributed by atoms with E-state index in [9.17, 15) is 22.0 Å². The van der Waals surface area contributed by atoms with Crippen LogP contribution >= 0.6 is 0 Å². The summed E-state index contributed by atoms with van der Waals surface area (Å²) in [5, 5.41) is 5.57. The summed E-state index contributed by atoms with van der Waals surface area (Å²) in [6.45, 7) is -2.07. The number of carbonyl (C=O) groups is 1. The van der Waals surface area contributed by atoms with E-state index in [2.05, 4.69) is 15.4 Å². The molecular formula is C14H18F2N2O4S. The molecule has 9 heteroatoms. The minimum Gasteiger partial charge on any atom is -0.435 e. The molecule has 1 aliphatic heterocycles. The van der Waals surface area contributed by atoms with Gasteiger partial charge in [0.25, 0.3) is 0 Å².